The average molecular weight is 434 g/mol. The van der Waals surface area contributed by atoms with Crippen LogP contribution < -0.4 is 10.2 Å². The van der Waals surface area contributed by atoms with Gasteiger partial charge >= 0.3 is 0 Å². The zero-order valence-corrected chi connectivity index (χ0v) is 15.8. The van der Waals surface area contributed by atoms with Gasteiger partial charge in [-0.2, -0.15) is 0 Å². The Morgan fingerprint density at radius 2 is 1.92 bits per heavy atom. The molecule has 0 aromatic heterocycles. The van der Waals surface area contributed by atoms with Gasteiger partial charge in [-0.3, -0.25) is 9.59 Å². The van der Waals surface area contributed by atoms with Crippen molar-refractivity contribution in [3.63, 3.8) is 0 Å². The highest BCUT2D eigenvalue weighted by Crippen LogP contribution is 2.30. The van der Waals surface area contributed by atoms with Crippen molar-refractivity contribution in [2.24, 2.45) is 5.92 Å². The zero-order chi connectivity index (χ0) is 17.3. The van der Waals surface area contributed by atoms with Crippen molar-refractivity contribution in [1.82, 2.24) is 0 Å². The van der Waals surface area contributed by atoms with E-state index in [0.717, 1.165) is 26.1 Å². The first kappa shape index (κ1) is 17.0. The van der Waals surface area contributed by atoms with E-state index in [0.29, 0.717) is 6.54 Å². The summed E-state index contributed by atoms with van der Waals surface area (Å²) in [5.74, 6) is -0.416. The lowest BCUT2D eigenvalue weighted by molar-refractivity contribution is -0.122. The number of carbonyl (C=O) groups excluding carboxylic acids is 2. The van der Waals surface area contributed by atoms with Crippen LogP contribution in [0.15, 0.2) is 42.5 Å². The summed E-state index contributed by atoms with van der Waals surface area (Å²) >= 11 is 2.19. The van der Waals surface area contributed by atoms with Crippen molar-refractivity contribution in [2.75, 3.05) is 16.8 Å². The Morgan fingerprint density at radius 1 is 1.17 bits per heavy atom. The SMILES string of the molecule is Cc1cccc(N2C[C@H](C(=O)Nc3ccccc3I)CC2=O)c1C. The third kappa shape index (κ3) is 3.31. The van der Waals surface area contributed by atoms with E-state index in [1.54, 1.807) is 4.90 Å². The topological polar surface area (TPSA) is 49.4 Å². The average Bonchev–Trinajstić information content (AvgIpc) is 2.94. The second-order valence-corrected chi connectivity index (χ2v) is 7.26. The van der Waals surface area contributed by atoms with E-state index in [1.165, 1.54) is 0 Å². The summed E-state index contributed by atoms with van der Waals surface area (Å²) in [5.41, 5.74) is 3.93. The molecule has 0 spiro atoms. The second kappa shape index (κ2) is 6.93. The summed E-state index contributed by atoms with van der Waals surface area (Å²) in [5, 5.41) is 2.95. The molecule has 3 rings (SSSR count). The molecule has 1 heterocycles. The molecular weight excluding hydrogens is 415 g/mol. The van der Waals surface area contributed by atoms with Gasteiger partial charge in [0.15, 0.2) is 0 Å². The van der Waals surface area contributed by atoms with Gasteiger partial charge in [0.1, 0.15) is 0 Å². The lowest BCUT2D eigenvalue weighted by Crippen LogP contribution is -2.28. The van der Waals surface area contributed by atoms with E-state index >= 15 is 0 Å². The van der Waals surface area contributed by atoms with Gasteiger partial charge in [-0.15, -0.1) is 0 Å². The number of anilines is 2. The summed E-state index contributed by atoms with van der Waals surface area (Å²) in [4.78, 5) is 26.7. The van der Waals surface area contributed by atoms with E-state index in [9.17, 15) is 9.59 Å². The third-order valence-corrected chi connectivity index (χ3v) is 5.44. The molecule has 2 amide bonds. The van der Waals surface area contributed by atoms with E-state index < -0.39 is 0 Å². The van der Waals surface area contributed by atoms with E-state index in [-0.39, 0.29) is 24.2 Å². The van der Waals surface area contributed by atoms with Gasteiger partial charge in [-0.05, 0) is 65.8 Å². The number of para-hydroxylation sites is 1. The molecular formula is C19H19IN2O2. The van der Waals surface area contributed by atoms with Crippen molar-refractivity contribution < 1.29 is 9.59 Å². The Balaban J connectivity index is 1.76. The Labute approximate surface area is 155 Å². The summed E-state index contributed by atoms with van der Waals surface area (Å²) in [6, 6.07) is 13.6. The summed E-state index contributed by atoms with van der Waals surface area (Å²) < 4.78 is 0.985. The number of nitrogens with one attached hydrogen (secondary N) is 1. The highest BCUT2D eigenvalue weighted by atomic mass is 127. The molecule has 1 atom stereocenters. The predicted octanol–water partition coefficient (Wildman–Crippen LogP) is 3.90. The van der Waals surface area contributed by atoms with E-state index in [2.05, 4.69) is 27.9 Å². The van der Waals surface area contributed by atoms with Crippen LogP contribution in [0.4, 0.5) is 11.4 Å². The number of carbonyl (C=O) groups is 2. The van der Waals surface area contributed by atoms with Crippen LogP contribution in [0.2, 0.25) is 0 Å². The minimum atomic E-state index is -0.326. The van der Waals surface area contributed by atoms with Gasteiger partial charge in [-0.1, -0.05) is 24.3 Å². The monoisotopic (exact) mass is 434 g/mol. The molecule has 24 heavy (non-hydrogen) atoms. The Kier molecular flexibility index (Phi) is 4.89. The fourth-order valence-electron chi connectivity index (χ4n) is 2.94. The number of hydrogen-bond donors (Lipinski definition) is 1. The molecule has 2 aromatic carbocycles. The fourth-order valence-corrected chi connectivity index (χ4v) is 3.46. The number of amides is 2. The smallest absolute Gasteiger partial charge is 0.229 e. The molecule has 1 aliphatic heterocycles. The predicted molar refractivity (Wildman–Crippen MR) is 104 cm³/mol. The number of aryl methyl sites for hydroxylation is 1. The number of hydrogen-bond acceptors (Lipinski definition) is 2. The molecule has 0 bridgehead atoms. The highest BCUT2D eigenvalue weighted by Gasteiger charge is 2.35. The fraction of sp³-hybridized carbons (Fsp3) is 0.263. The number of rotatable bonds is 3. The normalized spacial score (nSPS) is 17.2. The molecule has 0 aliphatic carbocycles. The molecule has 1 saturated heterocycles. The van der Waals surface area contributed by atoms with Crippen molar-refractivity contribution in [3.05, 3.63) is 57.2 Å². The van der Waals surface area contributed by atoms with Crippen LogP contribution in [-0.4, -0.2) is 18.4 Å². The molecule has 0 radical (unpaired) electrons. The minimum Gasteiger partial charge on any atom is -0.325 e. The van der Waals surface area contributed by atoms with Gasteiger partial charge in [0, 0.05) is 22.2 Å². The van der Waals surface area contributed by atoms with Gasteiger partial charge in [-0.25, -0.2) is 0 Å². The maximum absolute atomic E-state index is 12.5. The molecule has 1 fully saturated rings. The maximum Gasteiger partial charge on any atom is 0.229 e. The molecule has 0 saturated carbocycles. The quantitative estimate of drug-likeness (QED) is 0.746. The van der Waals surface area contributed by atoms with Crippen molar-refractivity contribution in [1.29, 1.82) is 0 Å². The van der Waals surface area contributed by atoms with Crippen LogP contribution in [0.25, 0.3) is 0 Å². The van der Waals surface area contributed by atoms with Crippen LogP contribution in [0.1, 0.15) is 17.5 Å². The Morgan fingerprint density at radius 3 is 2.67 bits per heavy atom. The number of nitrogens with zero attached hydrogens (tertiary/aromatic N) is 1. The largest absolute Gasteiger partial charge is 0.325 e. The van der Waals surface area contributed by atoms with E-state index in [1.807, 2.05) is 56.3 Å². The first-order valence-corrected chi connectivity index (χ1v) is 8.97. The molecule has 1 aliphatic rings. The zero-order valence-electron chi connectivity index (χ0n) is 13.7. The summed E-state index contributed by atoms with van der Waals surface area (Å²) in [6.45, 7) is 4.47. The summed E-state index contributed by atoms with van der Waals surface area (Å²) in [6.07, 6.45) is 0.253. The lowest BCUT2D eigenvalue weighted by Gasteiger charge is -2.20. The van der Waals surface area contributed by atoms with Gasteiger partial charge in [0.05, 0.1) is 11.6 Å². The maximum atomic E-state index is 12.5. The van der Waals surface area contributed by atoms with Crippen LogP contribution in [-0.2, 0) is 9.59 Å². The standard InChI is InChI=1S/C19H19IN2O2/c1-12-6-5-9-17(13(12)2)22-11-14(10-18(22)23)19(24)21-16-8-4-3-7-15(16)20/h3-9,14H,10-11H2,1-2H3,(H,21,24)/t14-/m1/s1. The molecule has 5 heteroatoms. The third-order valence-electron chi connectivity index (χ3n) is 4.49. The minimum absolute atomic E-state index is 0.00612. The van der Waals surface area contributed by atoms with Gasteiger partial charge in [0.25, 0.3) is 0 Å². The van der Waals surface area contributed by atoms with Crippen molar-refractivity contribution in [3.8, 4) is 0 Å². The van der Waals surface area contributed by atoms with Gasteiger partial charge in [0.2, 0.25) is 11.8 Å². The molecule has 0 unspecified atom stereocenters. The highest BCUT2D eigenvalue weighted by molar-refractivity contribution is 14.1. The molecule has 2 aromatic rings. The molecule has 1 N–H and O–H groups in total. The lowest BCUT2D eigenvalue weighted by atomic mass is 10.1. The Bertz CT molecular complexity index is 804. The second-order valence-electron chi connectivity index (χ2n) is 6.09. The van der Waals surface area contributed by atoms with Crippen LogP contribution in [0.3, 0.4) is 0 Å². The van der Waals surface area contributed by atoms with Crippen LogP contribution in [0.5, 0.6) is 0 Å². The number of halogens is 1. The van der Waals surface area contributed by atoms with E-state index in [4.69, 9.17) is 0 Å². The number of benzene rings is 2. The van der Waals surface area contributed by atoms with Crippen LogP contribution in [0, 0.1) is 23.3 Å². The first-order chi connectivity index (χ1) is 11.5. The van der Waals surface area contributed by atoms with Crippen molar-refractivity contribution in [2.45, 2.75) is 20.3 Å². The van der Waals surface area contributed by atoms with Gasteiger partial charge < -0.3 is 10.2 Å². The van der Waals surface area contributed by atoms with Crippen molar-refractivity contribution >= 4 is 45.8 Å². The van der Waals surface area contributed by atoms with Crippen LogP contribution >= 0.6 is 22.6 Å². The molecule has 124 valence electrons. The first-order valence-electron chi connectivity index (χ1n) is 7.89. The Hall–Kier alpha value is -1.89. The summed E-state index contributed by atoms with van der Waals surface area (Å²) in [7, 11) is 0. The molecule has 4 nitrogen and oxygen atoms in total.